The Bertz CT molecular complexity index is 292. The average molecular weight is 187 g/mol. The van der Waals surface area contributed by atoms with Crippen LogP contribution in [0.3, 0.4) is 0 Å². The highest BCUT2D eigenvalue weighted by Gasteiger charge is 2.09. The molecule has 1 heteroatoms. The monoisotopic (exact) mass is 187 g/mol. The predicted octanol–water partition coefficient (Wildman–Crippen LogP) is 2.35. The van der Waals surface area contributed by atoms with Crippen molar-refractivity contribution in [1.29, 1.82) is 0 Å². The van der Waals surface area contributed by atoms with E-state index >= 15 is 0 Å². The summed E-state index contributed by atoms with van der Waals surface area (Å²) in [5.74, 6) is 2.78. The Hall–Kier alpha value is -1.00. The topological polar surface area (TPSA) is 0 Å². The first-order chi connectivity index (χ1) is 6.27. The van der Waals surface area contributed by atoms with Crippen LogP contribution in [0.5, 0.6) is 0 Å². The van der Waals surface area contributed by atoms with Crippen LogP contribution in [0.1, 0.15) is 12.5 Å². The van der Waals surface area contributed by atoms with Gasteiger partial charge >= 0.3 is 0 Å². The molecule has 1 rings (SSSR count). The molecule has 67 valence electrons. The Morgan fingerprint density at radius 3 is 2.38 bits per heavy atom. The van der Waals surface area contributed by atoms with Crippen LogP contribution < -0.4 is 5.19 Å². The lowest BCUT2D eigenvalue weighted by Gasteiger charge is -2.09. The van der Waals surface area contributed by atoms with E-state index in [1.54, 1.807) is 0 Å². The number of hydrogen-bond acceptors (Lipinski definition) is 0. The minimum absolute atomic E-state index is 0.465. The van der Waals surface area contributed by atoms with Gasteiger partial charge in [0, 0.05) is 6.04 Å². The second-order valence-electron chi connectivity index (χ2n) is 3.20. The normalized spacial score (nSPS) is 10.0. The van der Waals surface area contributed by atoms with Crippen molar-refractivity contribution >= 4 is 14.0 Å². The third-order valence-electron chi connectivity index (χ3n) is 2.20. The van der Waals surface area contributed by atoms with Gasteiger partial charge < -0.3 is 0 Å². The van der Waals surface area contributed by atoms with Gasteiger partial charge in [0.05, 0.1) is 8.80 Å². The largest absolute Gasteiger partial charge is 0.120 e. The number of rotatable bonds is 3. The Kier molecular flexibility index (Phi) is 3.79. The van der Waals surface area contributed by atoms with Gasteiger partial charge in [-0.1, -0.05) is 48.0 Å². The number of benzene rings is 1. The van der Waals surface area contributed by atoms with Gasteiger partial charge in [0.1, 0.15) is 0 Å². The summed E-state index contributed by atoms with van der Waals surface area (Å²) >= 11 is 0. The maximum Gasteiger partial charge on any atom is 0.0981 e. The summed E-state index contributed by atoms with van der Waals surface area (Å²) in [6, 6.07) is 11.0. The van der Waals surface area contributed by atoms with Crippen LogP contribution in [-0.2, 0) is 0 Å². The summed E-state index contributed by atoms with van der Waals surface area (Å²) in [7, 11) is -0.465. The lowest BCUT2D eigenvalue weighted by atomic mass is 10.2. The first-order valence-electron chi connectivity index (χ1n) is 4.63. The van der Waals surface area contributed by atoms with E-state index in [0.717, 1.165) is 6.04 Å². The zero-order valence-electron chi connectivity index (χ0n) is 8.30. The molecule has 13 heavy (non-hydrogen) atoms. The third-order valence-corrected chi connectivity index (χ3v) is 4.84. The smallest absolute Gasteiger partial charge is 0.0981 e. The number of hydrogen-bond donors (Lipinski definition) is 0. The van der Waals surface area contributed by atoms with Crippen LogP contribution in [0.25, 0.3) is 0 Å². The summed E-state index contributed by atoms with van der Waals surface area (Å²) in [6.07, 6.45) is 5.35. The van der Waals surface area contributed by atoms with Crippen LogP contribution in [0.4, 0.5) is 0 Å². The van der Waals surface area contributed by atoms with E-state index in [1.165, 1.54) is 16.8 Å². The van der Waals surface area contributed by atoms with Crippen LogP contribution in [0.2, 0.25) is 12.1 Å². The van der Waals surface area contributed by atoms with E-state index in [1.807, 2.05) is 0 Å². The van der Waals surface area contributed by atoms with Crippen molar-refractivity contribution in [2.45, 2.75) is 25.9 Å². The molecule has 0 spiro atoms. The van der Waals surface area contributed by atoms with E-state index in [9.17, 15) is 0 Å². The fourth-order valence-corrected chi connectivity index (χ4v) is 3.09. The van der Waals surface area contributed by atoms with Gasteiger partial charge in [-0.15, -0.1) is 12.3 Å². The highest BCUT2D eigenvalue weighted by molar-refractivity contribution is 6.73. The van der Waals surface area contributed by atoms with Crippen molar-refractivity contribution in [2.75, 3.05) is 0 Å². The zero-order valence-corrected chi connectivity index (χ0v) is 9.30. The SMILES string of the molecule is C#CC[Si](CC)c1ccc(C)cc1. The van der Waals surface area contributed by atoms with Crippen LogP contribution in [0.15, 0.2) is 24.3 Å². The van der Waals surface area contributed by atoms with E-state index in [4.69, 9.17) is 6.42 Å². The summed E-state index contributed by atoms with van der Waals surface area (Å²) in [4.78, 5) is 0. The van der Waals surface area contributed by atoms with Crippen molar-refractivity contribution in [1.82, 2.24) is 0 Å². The lowest BCUT2D eigenvalue weighted by molar-refractivity contribution is 1.40. The van der Waals surface area contributed by atoms with Gasteiger partial charge in [0.25, 0.3) is 0 Å². The second-order valence-corrected chi connectivity index (χ2v) is 6.05. The van der Waals surface area contributed by atoms with E-state index in [-0.39, 0.29) is 0 Å². The van der Waals surface area contributed by atoms with E-state index in [2.05, 4.69) is 44.0 Å². The predicted molar refractivity (Wildman–Crippen MR) is 60.7 cm³/mol. The standard InChI is InChI=1S/C12H15Si/c1-4-10-13(5-2)12-8-6-11(3)7-9-12/h1,6-9H,5,10H2,2-3H3. The van der Waals surface area contributed by atoms with Gasteiger partial charge in [-0.25, -0.2) is 0 Å². The van der Waals surface area contributed by atoms with Gasteiger partial charge in [0.15, 0.2) is 0 Å². The van der Waals surface area contributed by atoms with Crippen LogP contribution >= 0.6 is 0 Å². The molecule has 1 radical (unpaired) electrons. The van der Waals surface area contributed by atoms with Crippen molar-refractivity contribution in [3.05, 3.63) is 29.8 Å². The van der Waals surface area contributed by atoms with Crippen LogP contribution in [-0.4, -0.2) is 8.80 Å². The summed E-state index contributed by atoms with van der Waals surface area (Å²) in [6.45, 7) is 4.34. The molecule has 0 fully saturated rings. The molecular formula is C12H15Si. The molecule has 0 aliphatic rings. The molecular weight excluding hydrogens is 172 g/mol. The second kappa shape index (κ2) is 4.89. The summed E-state index contributed by atoms with van der Waals surface area (Å²) in [5.41, 5.74) is 1.32. The molecule has 0 nitrogen and oxygen atoms in total. The molecule has 0 saturated heterocycles. The molecule has 0 aliphatic carbocycles. The van der Waals surface area contributed by atoms with Gasteiger partial charge in [-0.3, -0.25) is 0 Å². The van der Waals surface area contributed by atoms with Gasteiger partial charge in [-0.05, 0) is 6.92 Å². The molecule has 0 amide bonds. The molecule has 0 aromatic heterocycles. The van der Waals surface area contributed by atoms with Crippen LogP contribution in [0, 0.1) is 19.3 Å². The molecule has 0 saturated carbocycles. The lowest BCUT2D eigenvalue weighted by Crippen LogP contribution is -2.28. The molecule has 0 bridgehead atoms. The minimum atomic E-state index is -0.465. The Balaban J connectivity index is 2.80. The molecule has 1 aromatic carbocycles. The van der Waals surface area contributed by atoms with Gasteiger partial charge in [0.2, 0.25) is 0 Å². The van der Waals surface area contributed by atoms with E-state index in [0.29, 0.717) is 0 Å². The van der Waals surface area contributed by atoms with Crippen molar-refractivity contribution < 1.29 is 0 Å². The van der Waals surface area contributed by atoms with Crippen molar-refractivity contribution in [2.24, 2.45) is 0 Å². The molecule has 0 N–H and O–H groups in total. The molecule has 0 heterocycles. The first kappa shape index (κ1) is 10.1. The molecule has 0 aliphatic heterocycles. The van der Waals surface area contributed by atoms with Crippen molar-refractivity contribution in [3.8, 4) is 12.3 Å². The molecule has 1 aromatic rings. The Morgan fingerprint density at radius 1 is 1.31 bits per heavy atom. The summed E-state index contributed by atoms with van der Waals surface area (Å²) in [5, 5.41) is 1.47. The Morgan fingerprint density at radius 2 is 1.92 bits per heavy atom. The molecule has 0 unspecified atom stereocenters. The zero-order chi connectivity index (χ0) is 9.68. The molecule has 0 atom stereocenters. The number of aryl methyl sites for hydroxylation is 1. The highest BCUT2D eigenvalue weighted by atomic mass is 28.3. The van der Waals surface area contributed by atoms with Gasteiger partial charge in [-0.2, -0.15) is 0 Å². The maximum absolute atomic E-state index is 5.35. The number of terminal acetylenes is 1. The fourth-order valence-electron chi connectivity index (χ4n) is 1.34. The van der Waals surface area contributed by atoms with E-state index < -0.39 is 8.80 Å². The average Bonchev–Trinajstić information content (AvgIpc) is 2.16. The first-order valence-corrected chi connectivity index (χ1v) is 6.54. The van der Waals surface area contributed by atoms with Crippen molar-refractivity contribution in [3.63, 3.8) is 0 Å². The minimum Gasteiger partial charge on any atom is -0.120 e. The fraction of sp³-hybridized carbons (Fsp3) is 0.333. The highest BCUT2D eigenvalue weighted by Crippen LogP contribution is 2.01. The third kappa shape index (κ3) is 2.75. The summed E-state index contributed by atoms with van der Waals surface area (Å²) < 4.78 is 0. The quantitative estimate of drug-likeness (QED) is 0.503. The Labute approximate surface area is 82.6 Å². The maximum atomic E-state index is 5.35.